The lowest BCUT2D eigenvalue weighted by Crippen LogP contribution is -2.08. The van der Waals surface area contributed by atoms with E-state index in [1.165, 1.54) is 5.56 Å². The van der Waals surface area contributed by atoms with E-state index in [1.807, 2.05) is 24.3 Å². The molecule has 0 bridgehead atoms. The Bertz CT molecular complexity index is 596. The molecule has 0 heterocycles. The smallest absolute Gasteiger partial charge is 0.146 e. The molecule has 0 aromatic heterocycles. The van der Waals surface area contributed by atoms with Crippen molar-refractivity contribution in [1.29, 1.82) is 0 Å². The number of hydrogen-bond donors (Lipinski definition) is 1. The van der Waals surface area contributed by atoms with Crippen LogP contribution in [0.15, 0.2) is 42.5 Å². The monoisotopic (exact) mass is 291 g/mol. The zero-order valence-corrected chi connectivity index (χ0v) is 12.1. The van der Waals surface area contributed by atoms with Crippen LogP contribution in [0, 0.1) is 0 Å². The molecule has 0 amide bonds. The van der Waals surface area contributed by atoms with Gasteiger partial charge in [-0.25, -0.2) is 0 Å². The maximum Gasteiger partial charge on any atom is 0.146 e. The van der Waals surface area contributed by atoms with Crippen LogP contribution in [-0.2, 0) is 6.42 Å². The Morgan fingerprint density at radius 1 is 1.21 bits per heavy atom. The largest absolute Gasteiger partial charge is 0.456 e. The number of aryl methyl sites for hydroxylation is 1. The third-order valence-corrected chi connectivity index (χ3v) is 3.31. The highest BCUT2D eigenvalue weighted by molar-refractivity contribution is 7.80. The summed E-state index contributed by atoms with van der Waals surface area (Å²) in [6, 6.07) is 13.2. The van der Waals surface area contributed by atoms with Crippen molar-refractivity contribution in [3.8, 4) is 11.5 Å². The summed E-state index contributed by atoms with van der Waals surface area (Å²) in [5.41, 5.74) is 7.55. The Morgan fingerprint density at radius 2 is 1.89 bits per heavy atom. The van der Waals surface area contributed by atoms with Crippen molar-refractivity contribution in [2.24, 2.45) is 5.73 Å². The van der Waals surface area contributed by atoms with Gasteiger partial charge < -0.3 is 10.5 Å². The van der Waals surface area contributed by atoms with E-state index in [1.54, 1.807) is 18.2 Å². The van der Waals surface area contributed by atoms with Crippen LogP contribution in [-0.4, -0.2) is 4.99 Å². The van der Waals surface area contributed by atoms with Crippen molar-refractivity contribution in [2.45, 2.75) is 13.3 Å². The van der Waals surface area contributed by atoms with Gasteiger partial charge in [0.2, 0.25) is 0 Å². The Balaban J connectivity index is 2.20. The van der Waals surface area contributed by atoms with Gasteiger partial charge in [0.05, 0.1) is 5.02 Å². The molecule has 0 radical (unpaired) electrons. The van der Waals surface area contributed by atoms with Gasteiger partial charge in [-0.05, 0) is 42.3 Å². The predicted octanol–water partition coefficient (Wildman–Crippen LogP) is 4.33. The molecule has 19 heavy (non-hydrogen) atoms. The zero-order chi connectivity index (χ0) is 13.8. The molecule has 0 saturated carbocycles. The number of rotatable bonds is 4. The fourth-order valence-corrected chi connectivity index (χ4v) is 2.00. The van der Waals surface area contributed by atoms with E-state index in [2.05, 4.69) is 6.92 Å². The van der Waals surface area contributed by atoms with Crippen molar-refractivity contribution >= 4 is 28.8 Å². The minimum Gasteiger partial charge on any atom is -0.456 e. The van der Waals surface area contributed by atoms with Gasteiger partial charge in [0.25, 0.3) is 0 Å². The van der Waals surface area contributed by atoms with Crippen LogP contribution in [0.5, 0.6) is 11.5 Å². The lowest BCUT2D eigenvalue weighted by Gasteiger charge is -2.09. The fourth-order valence-electron chi connectivity index (χ4n) is 1.66. The van der Waals surface area contributed by atoms with E-state index in [4.69, 9.17) is 34.3 Å². The van der Waals surface area contributed by atoms with Gasteiger partial charge in [0.1, 0.15) is 16.5 Å². The molecule has 0 aliphatic carbocycles. The van der Waals surface area contributed by atoms with Crippen LogP contribution in [0.2, 0.25) is 5.02 Å². The minimum atomic E-state index is 0.320. The first-order valence-corrected chi connectivity index (χ1v) is 6.75. The van der Waals surface area contributed by atoms with Gasteiger partial charge in [-0.1, -0.05) is 42.9 Å². The Morgan fingerprint density at radius 3 is 2.42 bits per heavy atom. The number of ether oxygens (including phenoxy) is 1. The van der Waals surface area contributed by atoms with Gasteiger partial charge >= 0.3 is 0 Å². The van der Waals surface area contributed by atoms with Crippen molar-refractivity contribution < 1.29 is 4.74 Å². The molecular weight excluding hydrogens is 278 g/mol. The maximum absolute atomic E-state index is 6.14. The van der Waals surface area contributed by atoms with Crippen LogP contribution >= 0.6 is 23.8 Å². The van der Waals surface area contributed by atoms with E-state index < -0.39 is 0 Å². The quantitative estimate of drug-likeness (QED) is 0.852. The molecule has 98 valence electrons. The zero-order valence-electron chi connectivity index (χ0n) is 10.5. The minimum absolute atomic E-state index is 0.320. The summed E-state index contributed by atoms with van der Waals surface area (Å²) in [4.78, 5) is 0.320. The van der Waals surface area contributed by atoms with Gasteiger partial charge in [-0.15, -0.1) is 0 Å². The highest BCUT2D eigenvalue weighted by Crippen LogP contribution is 2.30. The predicted molar refractivity (Wildman–Crippen MR) is 83.2 cm³/mol. The van der Waals surface area contributed by atoms with Crippen molar-refractivity contribution in [1.82, 2.24) is 0 Å². The molecule has 0 spiro atoms. The molecule has 2 rings (SSSR count). The lowest BCUT2D eigenvalue weighted by atomic mass is 10.2. The number of thiocarbonyl (C=S) groups is 1. The summed E-state index contributed by atoms with van der Waals surface area (Å²) in [6.07, 6.45) is 1.00. The summed E-state index contributed by atoms with van der Waals surface area (Å²) in [5.74, 6) is 1.34. The molecule has 0 fully saturated rings. The van der Waals surface area contributed by atoms with E-state index in [9.17, 15) is 0 Å². The van der Waals surface area contributed by atoms with Gasteiger partial charge in [0.15, 0.2) is 0 Å². The maximum atomic E-state index is 6.14. The van der Waals surface area contributed by atoms with Crippen LogP contribution < -0.4 is 10.5 Å². The molecule has 0 unspecified atom stereocenters. The fraction of sp³-hybridized carbons (Fsp3) is 0.133. The summed E-state index contributed by atoms with van der Waals surface area (Å²) in [6.45, 7) is 2.11. The average molecular weight is 292 g/mol. The second-order valence-corrected chi connectivity index (χ2v) is 4.96. The molecule has 4 heteroatoms. The summed E-state index contributed by atoms with van der Waals surface area (Å²) < 4.78 is 5.73. The second kappa shape index (κ2) is 6.04. The third kappa shape index (κ3) is 3.46. The van der Waals surface area contributed by atoms with Gasteiger partial charge in [-0.2, -0.15) is 0 Å². The van der Waals surface area contributed by atoms with Crippen LogP contribution in [0.4, 0.5) is 0 Å². The number of benzene rings is 2. The molecule has 2 nitrogen and oxygen atoms in total. The first-order valence-electron chi connectivity index (χ1n) is 5.96. The second-order valence-electron chi connectivity index (χ2n) is 4.11. The van der Waals surface area contributed by atoms with Gasteiger partial charge in [-0.3, -0.25) is 0 Å². The Hall–Kier alpha value is -1.58. The summed E-state index contributed by atoms with van der Waals surface area (Å²) in [5, 5.41) is 0.491. The SMILES string of the molecule is CCc1ccc(Oc2ccc(C(N)=S)cc2Cl)cc1. The molecule has 0 saturated heterocycles. The Labute approximate surface area is 123 Å². The summed E-state index contributed by atoms with van der Waals surface area (Å²) in [7, 11) is 0. The lowest BCUT2D eigenvalue weighted by molar-refractivity contribution is 0.482. The first kappa shape index (κ1) is 13.8. The molecule has 2 N–H and O–H groups in total. The normalized spacial score (nSPS) is 10.2. The molecule has 0 aliphatic heterocycles. The molecule has 0 atom stereocenters. The average Bonchev–Trinajstić information content (AvgIpc) is 2.41. The molecule has 0 aliphatic rings. The van der Waals surface area contributed by atoms with E-state index in [0.717, 1.165) is 17.7 Å². The molecular formula is C15H14ClNOS. The van der Waals surface area contributed by atoms with Crippen molar-refractivity contribution in [3.05, 3.63) is 58.6 Å². The number of nitrogens with two attached hydrogens (primary N) is 1. The van der Waals surface area contributed by atoms with Crippen molar-refractivity contribution in [3.63, 3.8) is 0 Å². The Kier molecular flexibility index (Phi) is 4.40. The number of halogens is 1. The topological polar surface area (TPSA) is 35.2 Å². The van der Waals surface area contributed by atoms with Crippen LogP contribution in [0.1, 0.15) is 18.1 Å². The van der Waals surface area contributed by atoms with E-state index >= 15 is 0 Å². The van der Waals surface area contributed by atoms with Crippen LogP contribution in [0.3, 0.4) is 0 Å². The van der Waals surface area contributed by atoms with E-state index in [0.29, 0.717) is 15.8 Å². The molecule has 2 aromatic rings. The highest BCUT2D eigenvalue weighted by Gasteiger charge is 2.06. The first-order chi connectivity index (χ1) is 9.10. The highest BCUT2D eigenvalue weighted by atomic mass is 35.5. The standard InChI is InChI=1S/C15H14ClNOS/c1-2-10-3-6-12(7-4-10)18-14-8-5-11(15(17)19)9-13(14)16/h3-9H,2H2,1H3,(H2,17,19). The number of hydrogen-bond acceptors (Lipinski definition) is 2. The third-order valence-electron chi connectivity index (χ3n) is 2.78. The van der Waals surface area contributed by atoms with Gasteiger partial charge in [0, 0.05) is 5.56 Å². The van der Waals surface area contributed by atoms with Crippen LogP contribution in [0.25, 0.3) is 0 Å². The molecule has 2 aromatic carbocycles. The summed E-state index contributed by atoms with van der Waals surface area (Å²) >= 11 is 11.0. The van der Waals surface area contributed by atoms with E-state index in [-0.39, 0.29) is 0 Å². The van der Waals surface area contributed by atoms with Crippen molar-refractivity contribution in [2.75, 3.05) is 0 Å².